The van der Waals surface area contributed by atoms with Gasteiger partial charge in [-0.05, 0) is 37.0 Å². The van der Waals surface area contributed by atoms with Crippen LogP contribution in [0.1, 0.15) is 30.9 Å². The molecule has 1 aromatic carbocycles. The molecule has 0 heterocycles. The Morgan fingerprint density at radius 3 is 2.79 bits per heavy atom. The molecule has 0 saturated heterocycles. The van der Waals surface area contributed by atoms with Crippen LogP contribution in [0.3, 0.4) is 0 Å². The highest BCUT2D eigenvalue weighted by Crippen LogP contribution is 2.08. The second kappa shape index (κ2) is 7.74. The first kappa shape index (κ1) is 15.4. The molecule has 1 atom stereocenters. The number of amides is 2. The molecule has 1 unspecified atom stereocenters. The number of carbonyl (C=O) groups is 1. The van der Waals surface area contributed by atoms with Gasteiger partial charge in [0, 0.05) is 19.2 Å². The molecule has 0 aliphatic carbocycles. The van der Waals surface area contributed by atoms with Gasteiger partial charge in [-0.25, -0.2) is 9.18 Å². The molecule has 4 nitrogen and oxygen atoms in total. The van der Waals surface area contributed by atoms with E-state index in [0.717, 1.165) is 6.42 Å². The molecule has 0 saturated carbocycles. The van der Waals surface area contributed by atoms with Crippen molar-refractivity contribution in [2.45, 2.75) is 39.3 Å². The minimum absolute atomic E-state index is 0.0419. The van der Waals surface area contributed by atoms with E-state index in [1.165, 1.54) is 6.07 Å². The highest BCUT2D eigenvalue weighted by atomic mass is 19.1. The van der Waals surface area contributed by atoms with Crippen LogP contribution in [0.4, 0.5) is 9.18 Å². The normalized spacial score (nSPS) is 12.0. The summed E-state index contributed by atoms with van der Waals surface area (Å²) in [4.78, 5) is 11.6. The van der Waals surface area contributed by atoms with E-state index in [1.54, 1.807) is 19.1 Å². The van der Waals surface area contributed by atoms with Crippen molar-refractivity contribution in [3.8, 4) is 0 Å². The van der Waals surface area contributed by atoms with Gasteiger partial charge < -0.3 is 15.7 Å². The molecule has 2 amide bonds. The van der Waals surface area contributed by atoms with E-state index >= 15 is 0 Å². The number of nitrogens with one attached hydrogen (secondary N) is 2. The van der Waals surface area contributed by atoms with Gasteiger partial charge >= 0.3 is 6.03 Å². The van der Waals surface area contributed by atoms with E-state index in [9.17, 15) is 9.18 Å². The fourth-order valence-electron chi connectivity index (χ4n) is 1.70. The van der Waals surface area contributed by atoms with Gasteiger partial charge in [0.15, 0.2) is 0 Å². The predicted octanol–water partition coefficient (Wildman–Crippen LogP) is 2.09. The Balaban J connectivity index is 2.43. The number of benzene rings is 1. The molecular weight excluding hydrogens is 247 g/mol. The molecule has 1 aromatic rings. The monoisotopic (exact) mass is 268 g/mol. The van der Waals surface area contributed by atoms with Crippen LogP contribution in [0, 0.1) is 12.7 Å². The number of hydrogen-bond donors (Lipinski definition) is 3. The summed E-state index contributed by atoms with van der Waals surface area (Å²) < 4.78 is 13.3. The molecule has 0 aromatic heterocycles. The molecule has 0 aliphatic rings. The summed E-state index contributed by atoms with van der Waals surface area (Å²) in [5, 5.41) is 14.3. The lowest BCUT2D eigenvalue weighted by molar-refractivity contribution is 0.227. The van der Waals surface area contributed by atoms with E-state index in [4.69, 9.17) is 5.11 Å². The summed E-state index contributed by atoms with van der Waals surface area (Å²) in [6, 6.07) is 4.54. The van der Waals surface area contributed by atoms with Crippen LogP contribution < -0.4 is 10.6 Å². The number of urea groups is 1. The third kappa shape index (κ3) is 5.26. The maximum absolute atomic E-state index is 13.3. The third-order valence-corrected chi connectivity index (χ3v) is 2.99. The standard InChI is InChI=1S/C14H21FN2O2/c1-3-12(6-7-18)17-14(19)16-9-11-5-4-10(2)13(15)8-11/h4-5,8,12,18H,3,6-7,9H2,1-2H3,(H2,16,17,19). The lowest BCUT2D eigenvalue weighted by atomic mass is 10.1. The lowest BCUT2D eigenvalue weighted by Gasteiger charge is -2.16. The van der Waals surface area contributed by atoms with Crippen LogP contribution >= 0.6 is 0 Å². The summed E-state index contributed by atoms with van der Waals surface area (Å²) >= 11 is 0. The summed E-state index contributed by atoms with van der Waals surface area (Å²) in [6.45, 7) is 3.95. The number of aliphatic hydroxyl groups is 1. The highest BCUT2D eigenvalue weighted by Gasteiger charge is 2.09. The van der Waals surface area contributed by atoms with Crippen molar-refractivity contribution in [2.75, 3.05) is 6.61 Å². The zero-order chi connectivity index (χ0) is 14.3. The maximum Gasteiger partial charge on any atom is 0.315 e. The molecule has 0 bridgehead atoms. The average Bonchev–Trinajstić information content (AvgIpc) is 2.39. The van der Waals surface area contributed by atoms with Gasteiger partial charge in [0.2, 0.25) is 0 Å². The first-order valence-electron chi connectivity index (χ1n) is 6.47. The van der Waals surface area contributed by atoms with E-state index in [0.29, 0.717) is 17.5 Å². The Morgan fingerprint density at radius 1 is 1.47 bits per heavy atom. The Hall–Kier alpha value is -1.62. The highest BCUT2D eigenvalue weighted by molar-refractivity contribution is 5.74. The molecule has 106 valence electrons. The topological polar surface area (TPSA) is 61.4 Å². The minimum Gasteiger partial charge on any atom is -0.396 e. The van der Waals surface area contributed by atoms with Crippen molar-refractivity contribution in [3.63, 3.8) is 0 Å². The molecule has 1 rings (SSSR count). The number of hydrogen-bond acceptors (Lipinski definition) is 2. The molecule has 3 N–H and O–H groups in total. The Labute approximate surface area is 113 Å². The first-order chi connectivity index (χ1) is 9.06. The van der Waals surface area contributed by atoms with Gasteiger partial charge in [-0.2, -0.15) is 0 Å². The number of aliphatic hydroxyl groups excluding tert-OH is 1. The van der Waals surface area contributed by atoms with Crippen molar-refractivity contribution < 1.29 is 14.3 Å². The second-order valence-electron chi connectivity index (χ2n) is 4.53. The molecule has 0 aliphatic heterocycles. The summed E-state index contributed by atoms with van der Waals surface area (Å²) in [5.74, 6) is -0.272. The van der Waals surface area contributed by atoms with E-state index in [2.05, 4.69) is 10.6 Å². The average molecular weight is 268 g/mol. The number of carbonyl (C=O) groups excluding carboxylic acids is 1. The second-order valence-corrected chi connectivity index (χ2v) is 4.53. The lowest BCUT2D eigenvalue weighted by Crippen LogP contribution is -2.41. The SMILES string of the molecule is CCC(CCO)NC(=O)NCc1ccc(C)c(F)c1. The smallest absolute Gasteiger partial charge is 0.315 e. The number of halogens is 1. The van der Waals surface area contributed by atoms with Gasteiger partial charge in [0.1, 0.15) is 5.82 Å². The van der Waals surface area contributed by atoms with Gasteiger partial charge in [-0.1, -0.05) is 19.1 Å². The third-order valence-electron chi connectivity index (χ3n) is 2.99. The number of rotatable bonds is 6. The minimum atomic E-state index is -0.304. The van der Waals surface area contributed by atoms with Crippen LogP contribution in [0.2, 0.25) is 0 Å². The number of aryl methyl sites for hydroxylation is 1. The molecule has 19 heavy (non-hydrogen) atoms. The van der Waals surface area contributed by atoms with Crippen LogP contribution in [-0.4, -0.2) is 23.8 Å². The van der Waals surface area contributed by atoms with Gasteiger partial charge in [-0.15, -0.1) is 0 Å². The molecule has 0 fully saturated rings. The zero-order valence-corrected chi connectivity index (χ0v) is 11.4. The van der Waals surface area contributed by atoms with Crippen molar-refractivity contribution in [2.24, 2.45) is 0 Å². The van der Waals surface area contributed by atoms with Gasteiger partial charge in [0.05, 0.1) is 0 Å². The zero-order valence-electron chi connectivity index (χ0n) is 11.4. The summed E-state index contributed by atoms with van der Waals surface area (Å²) in [7, 11) is 0. The van der Waals surface area contributed by atoms with Crippen molar-refractivity contribution in [3.05, 3.63) is 35.1 Å². The van der Waals surface area contributed by atoms with Crippen LogP contribution in [0.25, 0.3) is 0 Å². The molecule has 5 heteroatoms. The fourth-order valence-corrected chi connectivity index (χ4v) is 1.70. The van der Waals surface area contributed by atoms with Gasteiger partial charge in [0.25, 0.3) is 0 Å². The fraction of sp³-hybridized carbons (Fsp3) is 0.500. The Morgan fingerprint density at radius 2 is 2.21 bits per heavy atom. The largest absolute Gasteiger partial charge is 0.396 e. The van der Waals surface area contributed by atoms with Crippen LogP contribution in [-0.2, 0) is 6.54 Å². The first-order valence-corrected chi connectivity index (χ1v) is 6.47. The van der Waals surface area contributed by atoms with Crippen LogP contribution in [0.15, 0.2) is 18.2 Å². The van der Waals surface area contributed by atoms with Crippen molar-refractivity contribution in [1.82, 2.24) is 10.6 Å². The molecule has 0 spiro atoms. The molecule has 0 radical (unpaired) electrons. The van der Waals surface area contributed by atoms with Gasteiger partial charge in [-0.3, -0.25) is 0 Å². The van der Waals surface area contributed by atoms with E-state index in [-0.39, 0.29) is 31.0 Å². The quantitative estimate of drug-likeness (QED) is 0.740. The Kier molecular flexibility index (Phi) is 6.29. The van der Waals surface area contributed by atoms with E-state index in [1.807, 2.05) is 6.92 Å². The Bertz CT molecular complexity index is 424. The maximum atomic E-state index is 13.3. The summed E-state index contributed by atoms with van der Waals surface area (Å²) in [6.07, 6.45) is 1.29. The van der Waals surface area contributed by atoms with Crippen LogP contribution in [0.5, 0.6) is 0 Å². The predicted molar refractivity (Wildman–Crippen MR) is 72.3 cm³/mol. The van der Waals surface area contributed by atoms with Crippen molar-refractivity contribution in [1.29, 1.82) is 0 Å². The van der Waals surface area contributed by atoms with Crippen molar-refractivity contribution >= 4 is 6.03 Å². The summed E-state index contributed by atoms with van der Waals surface area (Å²) in [5.41, 5.74) is 1.30. The van der Waals surface area contributed by atoms with E-state index < -0.39 is 0 Å². The molecular formula is C14H21FN2O2.